The van der Waals surface area contributed by atoms with Crippen molar-refractivity contribution in [1.82, 2.24) is 4.44 Å². The Morgan fingerprint density at radius 1 is 0.750 bits per heavy atom. The maximum Gasteiger partial charge on any atom is -0.00531 e. The first-order chi connectivity index (χ1) is 5.71. The Morgan fingerprint density at radius 3 is 1.17 bits per heavy atom. The number of rotatable bonds is 6. The quantitative estimate of drug-likeness (QED) is 0.599. The lowest BCUT2D eigenvalue weighted by atomic mass is 11.0. The molecule has 1 nitrogen and oxygen atoms in total. The third-order valence-corrected chi connectivity index (χ3v) is 8.35. The maximum atomic E-state index is 2.69. The summed E-state index contributed by atoms with van der Waals surface area (Å²) in [5, 5.41) is 0. The SMILES string of the molecule is CCP(CC)N(C)P(CC)CC. The number of nitrogens with zero attached hydrogens (tertiary/aromatic N) is 1. The number of hydrogen-bond acceptors (Lipinski definition) is 1. The van der Waals surface area contributed by atoms with Gasteiger partial charge in [0.15, 0.2) is 0 Å². The molecule has 0 aromatic heterocycles. The molecule has 74 valence electrons. The lowest BCUT2D eigenvalue weighted by Gasteiger charge is -2.33. The molecular formula is C9H23NP2. The smallest absolute Gasteiger partial charge is 0.00531 e. The van der Waals surface area contributed by atoms with Crippen molar-refractivity contribution in [1.29, 1.82) is 0 Å². The molecule has 0 aromatic carbocycles. The van der Waals surface area contributed by atoms with Crippen LogP contribution in [0, 0.1) is 0 Å². The second-order valence-corrected chi connectivity index (χ2v) is 8.84. The van der Waals surface area contributed by atoms with Crippen molar-refractivity contribution in [3.05, 3.63) is 0 Å². The molecule has 0 fully saturated rings. The molecule has 0 aliphatic rings. The summed E-state index contributed by atoms with van der Waals surface area (Å²) in [5.74, 6) is 0. The van der Waals surface area contributed by atoms with Gasteiger partial charge in [0.2, 0.25) is 0 Å². The van der Waals surface area contributed by atoms with Gasteiger partial charge in [0.25, 0.3) is 0 Å². The van der Waals surface area contributed by atoms with E-state index >= 15 is 0 Å². The van der Waals surface area contributed by atoms with E-state index in [9.17, 15) is 0 Å². The van der Waals surface area contributed by atoms with Crippen LogP contribution in [0.5, 0.6) is 0 Å². The van der Waals surface area contributed by atoms with Crippen LogP contribution < -0.4 is 0 Å². The molecule has 0 N–H and O–H groups in total. The molecule has 0 aromatic rings. The topological polar surface area (TPSA) is 3.24 Å². The van der Waals surface area contributed by atoms with E-state index in [0.29, 0.717) is 0 Å². The summed E-state index contributed by atoms with van der Waals surface area (Å²) in [5.41, 5.74) is 0. The highest BCUT2D eigenvalue weighted by atomic mass is 31.2. The van der Waals surface area contributed by atoms with Crippen LogP contribution in [0.2, 0.25) is 0 Å². The molecule has 0 spiro atoms. The van der Waals surface area contributed by atoms with Gasteiger partial charge in [-0.15, -0.1) is 0 Å². The highest BCUT2D eigenvalue weighted by Crippen LogP contribution is 2.54. The first-order valence-electron chi connectivity index (χ1n) is 4.94. The molecule has 12 heavy (non-hydrogen) atoms. The second-order valence-electron chi connectivity index (χ2n) is 2.77. The van der Waals surface area contributed by atoms with Crippen LogP contribution in [0.1, 0.15) is 27.7 Å². The average molecular weight is 207 g/mol. The van der Waals surface area contributed by atoms with Gasteiger partial charge in [-0.1, -0.05) is 27.7 Å². The fourth-order valence-electron chi connectivity index (χ4n) is 1.44. The minimum absolute atomic E-state index is 0.194. The van der Waals surface area contributed by atoms with Gasteiger partial charge in [0.05, 0.1) is 0 Å². The molecule has 0 unspecified atom stereocenters. The predicted octanol–water partition coefficient (Wildman–Crippen LogP) is 3.79. The Bertz CT molecular complexity index is 88.7. The normalized spacial score (nSPS) is 12.0. The van der Waals surface area contributed by atoms with E-state index in [0.717, 1.165) is 0 Å². The summed E-state index contributed by atoms with van der Waals surface area (Å²) >= 11 is 0. The Labute approximate surface area is 80.5 Å². The maximum absolute atomic E-state index is 2.69. The van der Waals surface area contributed by atoms with Gasteiger partial charge in [0.1, 0.15) is 0 Å². The van der Waals surface area contributed by atoms with E-state index < -0.39 is 0 Å². The van der Waals surface area contributed by atoms with E-state index in [4.69, 9.17) is 0 Å². The summed E-state index contributed by atoms with van der Waals surface area (Å²) in [6.45, 7) is 9.30. The lowest BCUT2D eigenvalue weighted by Crippen LogP contribution is -2.10. The van der Waals surface area contributed by atoms with Crippen LogP contribution in [-0.2, 0) is 0 Å². The van der Waals surface area contributed by atoms with Crippen LogP contribution in [-0.4, -0.2) is 36.1 Å². The predicted molar refractivity (Wildman–Crippen MR) is 63.8 cm³/mol. The van der Waals surface area contributed by atoms with Crippen molar-refractivity contribution in [3.63, 3.8) is 0 Å². The van der Waals surface area contributed by atoms with Crippen molar-refractivity contribution in [3.8, 4) is 0 Å². The summed E-state index contributed by atoms with van der Waals surface area (Å²) in [4.78, 5) is 0. The molecule has 0 amide bonds. The molecule has 0 radical (unpaired) electrons. The zero-order chi connectivity index (χ0) is 9.56. The first kappa shape index (κ1) is 12.8. The fourth-order valence-corrected chi connectivity index (χ4v) is 6.93. The molecule has 3 heteroatoms. The molecule has 0 aliphatic carbocycles. The zero-order valence-corrected chi connectivity index (χ0v) is 11.0. The van der Waals surface area contributed by atoms with Gasteiger partial charge in [-0.05, 0) is 47.8 Å². The Morgan fingerprint density at radius 2 is 1.00 bits per heavy atom. The van der Waals surface area contributed by atoms with Gasteiger partial charge >= 0.3 is 0 Å². The van der Waals surface area contributed by atoms with Crippen molar-refractivity contribution in [2.24, 2.45) is 0 Å². The zero-order valence-electron chi connectivity index (χ0n) is 9.17. The molecule has 0 rings (SSSR count). The van der Waals surface area contributed by atoms with Crippen molar-refractivity contribution in [2.45, 2.75) is 27.7 Å². The van der Waals surface area contributed by atoms with Crippen LogP contribution in [0.3, 0.4) is 0 Å². The summed E-state index contributed by atoms with van der Waals surface area (Å²) in [6, 6.07) is 0. The number of hydrogen-bond donors (Lipinski definition) is 0. The van der Waals surface area contributed by atoms with E-state index in [1.165, 1.54) is 24.6 Å². The Hall–Kier alpha value is 0.820. The largest absolute Gasteiger partial charge is 0.263 e. The minimum atomic E-state index is 0.194. The van der Waals surface area contributed by atoms with Crippen LogP contribution in [0.25, 0.3) is 0 Å². The van der Waals surface area contributed by atoms with Gasteiger partial charge in [-0.2, -0.15) is 0 Å². The van der Waals surface area contributed by atoms with Gasteiger partial charge in [-0.25, -0.2) is 0 Å². The molecular weight excluding hydrogens is 184 g/mol. The minimum Gasteiger partial charge on any atom is -0.263 e. The Balaban J connectivity index is 4.02. The molecule has 0 bridgehead atoms. The van der Waals surface area contributed by atoms with Crippen LogP contribution in [0.15, 0.2) is 0 Å². The molecule has 0 saturated carbocycles. The van der Waals surface area contributed by atoms with E-state index in [1.807, 2.05) is 0 Å². The van der Waals surface area contributed by atoms with Crippen LogP contribution in [0.4, 0.5) is 0 Å². The van der Waals surface area contributed by atoms with Gasteiger partial charge in [-0.3, -0.25) is 4.44 Å². The third kappa shape index (κ3) is 3.69. The third-order valence-electron chi connectivity index (χ3n) is 2.28. The summed E-state index contributed by atoms with van der Waals surface area (Å²) in [6.07, 6.45) is 5.45. The first-order valence-corrected chi connectivity index (χ1v) is 8.27. The summed E-state index contributed by atoms with van der Waals surface area (Å²) in [7, 11) is 2.72. The molecule has 0 heterocycles. The van der Waals surface area contributed by atoms with E-state index in [2.05, 4.69) is 39.2 Å². The van der Waals surface area contributed by atoms with E-state index in [-0.39, 0.29) is 16.1 Å². The average Bonchev–Trinajstić information content (AvgIpc) is 2.09. The monoisotopic (exact) mass is 207 g/mol. The second kappa shape index (κ2) is 7.25. The van der Waals surface area contributed by atoms with Crippen molar-refractivity contribution < 1.29 is 0 Å². The lowest BCUT2D eigenvalue weighted by molar-refractivity contribution is 0.865. The highest BCUT2D eigenvalue weighted by Gasteiger charge is 2.16. The van der Waals surface area contributed by atoms with Crippen molar-refractivity contribution in [2.75, 3.05) is 31.7 Å². The fraction of sp³-hybridized carbons (Fsp3) is 1.00. The van der Waals surface area contributed by atoms with Gasteiger partial charge < -0.3 is 0 Å². The standard InChI is InChI=1S/C9H23NP2/c1-6-11(7-2)10(5)12(8-3)9-4/h6-9H2,1-5H3. The van der Waals surface area contributed by atoms with Crippen molar-refractivity contribution >= 4 is 16.1 Å². The molecule has 0 atom stereocenters. The van der Waals surface area contributed by atoms with Crippen LogP contribution >= 0.6 is 16.1 Å². The molecule has 0 aliphatic heterocycles. The Kier molecular flexibility index (Phi) is 7.74. The van der Waals surface area contributed by atoms with Gasteiger partial charge in [0, 0.05) is 0 Å². The summed E-state index contributed by atoms with van der Waals surface area (Å²) < 4.78 is 2.69. The highest BCUT2D eigenvalue weighted by molar-refractivity contribution is 7.70. The van der Waals surface area contributed by atoms with E-state index in [1.54, 1.807) is 0 Å². The molecule has 0 saturated heterocycles.